The number of benzene rings is 1. The third-order valence-corrected chi connectivity index (χ3v) is 5.64. The minimum absolute atomic E-state index is 0.124. The van der Waals surface area contributed by atoms with Crippen LogP contribution in [0.25, 0.3) is 0 Å². The maximum atomic E-state index is 13.0. The van der Waals surface area contributed by atoms with Crippen molar-refractivity contribution in [2.24, 2.45) is 11.8 Å². The Kier molecular flexibility index (Phi) is 5.41. The van der Waals surface area contributed by atoms with Crippen LogP contribution < -0.4 is 15.7 Å². The largest absolute Gasteiger partial charge is 0.493 e. The van der Waals surface area contributed by atoms with Gasteiger partial charge in [-0.25, -0.2) is 4.79 Å². The Bertz CT molecular complexity index is 963. The standard InChI is InChI=1S/C22H27N3O4/c1-12(2)7-16-11-18(24-22(28)23-16)21(27)25-20(15-9-17(26)10-15)14-3-4-19-13(8-14)5-6-29-19/h3-4,8,11-12,15,17,20,26H,5-7,9-10H2,1-2H3,(H,25,27)(H,23,24,28)/t15?,17?,20-/m0/s1. The summed E-state index contributed by atoms with van der Waals surface area (Å²) in [5.41, 5.74) is 2.44. The molecule has 1 saturated carbocycles. The molecule has 7 heteroatoms. The fraction of sp³-hybridized carbons (Fsp3) is 0.500. The van der Waals surface area contributed by atoms with E-state index in [1.54, 1.807) is 6.07 Å². The summed E-state index contributed by atoms with van der Waals surface area (Å²) in [6.07, 6.45) is 2.47. The fourth-order valence-electron chi connectivity index (χ4n) is 4.16. The Labute approximate surface area is 169 Å². The molecule has 1 aliphatic carbocycles. The number of aromatic nitrogens is 2. The molecule has 2 aromatic rings. The molecule has 0 unspecified atom stereocenters. The molecule has 0 saturated heterocycles. The van der Waals surface area contributed by atoms with Crippen LogP contribution in [0.2, 0.25) is 0 Å². The van der Waals surface area contributed by atoms with Gasteiger partial charge in [0, 0.05) is 12.1 Å². The number of nitrogens with one attached hydrogen (secondary N) is 2. The van der Waals surface area contributed by atoms with Crippen LogP contribution in [0.4, 0.5) is 0 Å². The molecule has 1 aromatic carbocycles. The van der Waals surface area contributed by atoms with Crippen molar-refractivity contribution in [3.63, 3.8) is 0 Å². The first-order chi connectivity index (χ1) is 13.9. The molecule has 1 atom stereocenters. The van der Waals surface area contributed by atoms with E-state index in [9.17, 15) is 14.7 Å². The van der Waals surface area contributed by atoms with E-state index in [-0.39, 0.29) is 29.7 Å². The molecule has 0 spiro atoms. The summed E-state index contributed by atoms with van der Waals surface area (Å²) in [5.74, 6) is 1.01. The van der Waals surface area contributed by atoms with Crippen molar-refractivity contribution in [1.29, 1.82) is 0 Å². The molecule has 1 amide bonds. The second-order valence-corrected chi connectivity index (χ2v) is 8.50. The van der Waals surface area contributed by atoms with Crippen LogP contribution >= 0.6 is 0 Å². The van der Waals surface area contributed by atoms with Gasteiger partial charge in [-0.05, 0) is 60.4 Å². The monoisotopic (exact) mass is 397 g/mol. The minimum Gasteiger partial charge on any atom is -0.493 e. The van der Waals surface area contributed by atoms with Crippen LogP contribution in [-0.4, -0.2) is 33.7 Å². The van der Waals surface area contributed by atoms with Crippen molar-refractivity contribution >= 4 is 5.91 Å². The average molecular weight is 397 g/mol. The first kappa shape index (κ1) is 19.6. The molecular weight excluding hydrogens is 370 g/mol. The number of aliphatic hydroxyl groups excluding tert-OH is 1. The van der Waals surface area contributed by atoms with Gasteiger partial charge in [0.25, 0.3) is 5.91 Å². The number of nitrogens with zero attached hydrogens (tertiary/aromatic N) is 1. The molecule has 1 aliphatic heterocycles. The van der Waals surface area contributed by atoms with E-state index in [1.807, 2.05) is 26.0 Å². The highest BCUT2D eigenvalue weighted by Crippen LogP contribution is 2.39. The number of amides is 1. The average Bonchev–Trinajstić information content (AvgIpc) is 3.10. The number of rotatable bonds is 6. The third-order valence-electron chi connectivity index (χ3n) is 5.64. The number of carbonyl (C=O) groups is 1. The van der Waals surface area contributed by atoms with Gasteiger partial charge < -0.3 is 20.1 Å². The third kappa shape index (κ3) is 4.34. The lowest BCUT2D eigenvalue weighted by Gasteiger charge is -2.38. The minimum atomic E-state index is -0.515. The number of aromatic amines is 1. The molecule has 29 heavy (non-hydrogen) atoms. The fourth-order valence-corrected chi connectivity index (χ4v) is 4.16. The summed E-state index contributed by atoms with van der Waals surface area (Å²) < 4.78 is 5.58. The van der Waals surface area contributed by atoms with Gasteiger partial charge in [0.05, 0.1) is 18.8 Å². The lowest BCUT2D eigenvalue weighted by atomic mass is 9.74. The van der Waals surface area contributed by atoms with Crippen LogP contribution in [-0.2, 0) is 12.8 Å². The number of H-pyrrole nitrogens is 1. The highest BCUT2D eigenvalue weighted by atomic mass is 16.5. The Hall–Kier alpha value is -2.67. The van der Waals surface area contributed by atoms with Crippen molar-refractivity contribution in [2.75, 3.05) is 6.61 Å². The van der Waals surface area contributed by atoms with E-state index >= 15 is 0 Å². The van der Waals surface area contributed by atoms with Crippen molar-refractivity contribution in [1.82, 2.24) is 15.3 Å². The van der Waals surface area contributed by atoms with Gasteiger partial charge in [-0.15, -0.1) is 0 Å². The molecule has 0 radical (unpaired) electrons. The molecule has 4 rings (SSSR count). The zero-order chi connectivity index (χ0) is 20.5. The van der Waals surface area contributed by atoms with E-state index in [4.69, 9.17) is 4.74 Å². The van der Waals surface area contributed by atoms with Gasteiger partial charge in [-0.3, -0.25) is 4.79 Å². The predicted octanol–water partition coefficient (Wildman–Crippen LogP) is 2.15. The number of hydrogen-bond acceptors (Lipinski definition) is 5. The molecule has 2 heterocycles. The highest BCUT2D eigenvalue weighted by Gasteiger charge is 2.36. The van der Waals surface area contributed by atoms with Crippen molar-refractivity contribution < 1.29 is 14.6 Å². The maximum absolute atomic E-state index is 13.0. The van der Waals surface area contributed by atoms with E-state index in [1.165, 1.54) is 0 Å². The molecule has 154 valence electrons. The predicted molar refractivity (Wildman–Crippen MR) is 108 cm³/mol. The van der Waals surface area contributed by atoms with Crippen molar-refractivity contribution in [2.45, 2.75) is 51.7 Å². The molecule has 7 nitrogen and oxygen atoms in total. The second-order valence-electron chi connectivity index (χ2n) is 8.50. The van der Waals surface area contributed by atoms with Crippen LogP contribution in [0.3, 0.4) is 0 Å². The molecule has 2 aliphatic rings. The highest BCUT2D eigenvalue weighted by molar-refractivity contribution is 5.92. The lowest BCUT2D eigenvalue weighted by Crippen LogP contribution is -2.42. The summed E-state index contributed by atoms with van der Waals surface area (Å²) in [4.78, 5) is 31.5. The Balaban J connectivity index is 1.59. The van der Waals surface area contributed by atoms with Gasteiger partial charge in [0.1, 0.15) is 11.4 Å². The topological polar surface area (TPSA) is 104 Å². The van der Waals surface area contributed by atoms with Crippen molar-refractivity contribution in [3.8, 4) is 5.75 Å². The molecule has 0 bridgehead atoms. The van der Waals surface area contributed by atoms with Gasteiger partial charge in [0.15, 0.2) is 0 Å². The van der Waals surface area contributed by atoms with Crippen LogP contribution in [0.1, 0.15) is 60.0 Å². The van der Waals surface area contributed by atoms with E-state index in [0.29, 0.717) is 37.5 Å². The number of fused-ring (bicyclic) bond motifs is 1. The van der Waals surface area contributed by atoms with E-state index in [0.717, 1.165) is 23.3 Å². The zero-order valence-electron chi connectivity index (χ0n) is 16.8. The maximum Gasteiger partial charge on any atom is 0.345 e. The van der Waals surface area contributed by atoms with Gasteiger partial charge in [-0.2, -0.15) is 4.98 Å². The smallest absolute Gasteiger partial charge is 0.345 e. The first-order valence-electron chi connectivity index (χ1n) is 10.2. The van der Waals surface area contributed by atoms with Gasteiger partial charge in [0.2, 0.25) is 0 Å². The van der Waals surface area contributed by atoms with Gasteiger partial charge in [-0.1, -0.05) is 19.9 Å². The number of aliphatic hydroxyl groups is 1. The quantitative estimate of drug-likeness (QED) is 0.693. The van der Waals surface area contributed by atoms with Crippen LogP contribution in [0, 0.1) is 11.8 Å². The second kappa shape index (κ2) is 7.99. The lowest BCUT2D eigenvalue weighted by molar-refractivity contribution is 0.0234. The summed E-state index contributed by atoms with van der Waals surface area (Å²) in [7, 11) is 0. The summed E-state index contributed by atoms with van der Waals surface area (Å²) in [5, 5.41) is 12.9. The Morgan fingerprint density at radius 3 is 2.86 bits per heavy atom. The van der Waals surface area contributed by atoms with E-state index in [2.05, 4.69) is 21.4 Å². The Morgan fingerprint density at radius 1 is 1.34 bits per heavy atom. The van der Waals surface area contributed by atoms with Crippen LogP contribution in [0.5, 0.6) is 5.75 Å². The molecule has 1 aromatic heterocycles. The normalized spacial score (nSPS) is 21.2. The summed E-state index contributed by atoms with van der Waals surface area (Å²) in [6.45, 7) is 4.77. The number of hydrogen-bond donors (Lipinski definition) is 3. The number of carbonyl (C=O) groups excluding carboxylic acids is 1. The summed E-state index contributed by atoms with van der Waals surface area (Å²) in [6, 6.07) is 7.40. The molecule has 1 fully saturated rings. The molecular formula is C22H27N3O4. The van der Waals surface area contributed by atoms with Crippen molar-refractivity contribution in [3.05, 3.63) is 57.3 Å². The Morgan fingerprint density at radius 2 is 2.14 bits per heavy atom. The molecule has 3 N–H and O–H groups in total. The summed E-state index contributed by atoms with van der Waals surface area (Å²) >= 11 is 0. The van der Waals surface area contributed by atoms with Crippen LogP contribution in [0.15, 0.2) is 29.1 Å². The SMILES string of the molecule is CC(C)Cc1cc(C(=O)N[C@@H](c2ccc3c(c2)CCO3)C2CC(O)C2)nc(=O)[nH]1. The van der Waals surface area contributed by atoms with E-state index < -0.39 is 5.69 Å². The zero-order valence-corrected chi connectivity index (χ0v) is 16.8. The van der Waals surface area contributed by atoms with Gasteiger partial charge >= 0.3 is 5.69 Å². The number of ether oxygens (including phenoxy) is 1. The first-order valence-corrected chi connectivity index (χ1v) is 10.2.